The first-order valence-corrected chi connectivity index (χ1v) is 22.4. The van der Waals surface area contributed by atoms with Crippen molar-refractivity contribution in [2.75, 3.05) is 18.5 Å². The summed E-state index contributed by atoms with van der Waals surface area (Å²) in [6, 6.07) is 5.16. The Hall–Kier alpha value is -2.69. The van der Waals surface area contributed by atoms with Crippen molar-refractivity contribution in [3.05, 3.63) is 29.8 Å². The lowest BCUT2D eigenvalue weighted by molar-refractivity contribution is -0.303. The van der Waals surface area contributed by atoms with Gasteiger partial charge in [0.1, 0.15) is 31.0 Å². The Balaban J connectivity index is 1.96. The third kappa shape index (κ3) is 19.7. The van der Waals surface area contributed by atoms with Crippen LogP contribution in [0, 0.1) is 17.8 Å². The van der Waals surface area contributed by atoms with Gasteiger partial charge in [-0.3, -0.25) is 9.59 Å². The van der Waals surface area contributed by atoms with Gasteiger partial charge in [-0.25, -0.2) is 4.79 Å². The number of Topliss-reactive ketones (excluding diaryl/α,β-unsaturated/α-hetero) is 1. The minimum Gasteiger partial charge on any atom is -0.445 e. The van der Waals surface area contributed by atoms with Crippen molar-refractivity contribution in [3.8, 4) is 0 Å². The van der Waals surface area contributed by atoms with E-state index in [1.165, 1.54) is 57.8 Å². The predicted octanol–water partition coefficient (Wildman–Crippen LogP) is 5.87. The second-order valence-corrected chi connectivity index (χ2v) is 17.0. The Labute approximate surface area is 353 Å². The lowest BCUT2D eigenvalue weighted by atomic mass is 9.89. The molecule has 9 N–H and O–H groups in total. The lowest BCUT2D eigenvalue weighted by Crippen LogP contribution is -2.60. The van der Waals surface area contributed by atoms with Crippen LogP contribution in [0.15, 0.2) is 24.3 Å². The van der Waals surface area contributed by atoms with Gasteiger partial charge in [0, 0.05) is 18.0 Å². The largest absolute Gasteiger partial charge is 0.445 e. The maximum Gasteiger partial charge on any atom is 0.407 e. The normalized spacial score (nSPS) is 22.0. The quantitative estimate of drug-likeness (QED) is 0.0411. The molecule has 59 heavy (non-hydrogen) atoms. The molecule has 340 valence electrons. The van der Waals surface area contributed by atoms with E-state index < -0.39 is 67.5 Å². The average Bonchev–Trinajstić information content (AvgIpc) is 3.22. The number of rotatable bonds is 31. The molecule has 1 aromatic carbocycles. The summed E-state index contributed by atoms with van der Waals surface area (Å²) in [7, 11) is 0. The molecule has 0 aliphatic carbocycles. The molecule has 0 aromatic heterocycles. The number of amides is 2. The minimum absolute atomic E-state index is 0.0208. The van der Waals surface area contributed by atoms with Crippen molar-refractivity contribution in [1.29, 1.82) is 0 Å². The molecule has 1 fully saturated rings. The van der Waals surface area contributed by atoms with E-state index in [-0.39, 0.29) is 43.2 Å². The van der Waals surface area contributed by atoms with Gasteiger partial charge >= 0.3 is 6.09 Å². The highest BCUT2D eigenvalue weighted by Crippen LogP contribution is 2.24. The third-order valence-electron chi connectivity index (χ3n) is 11.5. The molecule has 0 bridgehead atoms. The molecule has 2 amide bonds. The zero-order valence-electron chi connectivity index (χ0n) is 36.6. The molecule has 2 rings (SSSR count). The van der Waals surface area contributed by atoms with Crippen LogP contribution in [0.1, 0.15) is 149 Å². The van der Waals surface area contributed by atoms with Crippen LogP contribution in [0.3, 0.4) is 0 Å². The molecule has 1 saturated heterocycles. The molecular formula is C45H79N3O11. The molecule has 2 unspecified atom stereocenters. The lowest BCUT2D eigenvalue weighted by Gasteiger charge is -2.40. The number of ether oxygens (including phenoxy) is 3. The Kier molecular flexibility index (Phi) is 26.3. The standard InChI is InChI=1S/C45H79N3O11/c1-6-8-10-11-12-13-14-15-16-17-18-19-20-31(5)39(51)35(29-57-44-42(54)41(53)40(52)37(27-49)59-44)48-45(56)58-28-32-22-24-34(25-23-32)47-43(55)33(21-9-7-2)26-36(50)38(46)30(3)4/h22-25,30-31,33,35,37-42,44,49,51-54H,6-21,26-29,46H2,1-5H3,(H,47,55)(H,48,56)/t31-,33-,35+,37?,38+,39-,40+,41+,42?,44+/m1/s1. The van der Waals surface area contributed by atoms with Crippen molar-refractivity contribution in [2.45, 2.75) is 199 Å². The second-order valence-electron chi connectivity index (χ2n) is 17.0. The van der Waals surface area contributed by atoms with Crippen LogP contribution in [0.5, 0.6) is 0 Å². The van der Waals surface area contributed by atoms with E-state index in [1.54, 1.807) is 24.3 Å². The number of aliphatic hydroxyl groups excluding tert-OH is 5. The summed E-state index contributed by atoms with van der Waals surface area (Å²) in [6.45, 7) is 8.83. The van der Waals surface area contributed by atoms with E-state index in [0.29, 0.717) is 24.1 Å². The maximum atomic E-state index is 13.2. The van der Waals surface area contributed by atoms with Crippen molar-refractivity contribution in [1.82, 2.24) is 5.32 Å². The smallest absolute Gasteiger partial charge is 0.407 e. The summed E-state index contributed by atoms with van der Waals surface area (Å²) in [5.41, 5.74) is 7.22. The highest BCUT2D eigenvalue weighted by molar-refractivity contribution is 5.96. The van der Waals surface area contributed by atoms with Gasteiger partial charge < -0.3 is 56.1 Å². The Morgan fingerprint density at radius 3 is 1.93 bits per heavy atom. The van der Waals surface area contributed by atoms with Crippen LogP contribution in [0.4, 0.5) is 10.5 Å². The Bertz CT molecular complexity index is 1300. The number of nitrogens with two attached hydrogens (primary N) is 1. The Morgan fingerprint density at radius 1 is 0.797 bits per heavy atom. The number of unbranched alkanes of at least 4 members (excludes halogenated alkanes) is 12. The van der Waals surface area contributed by atoms with E-state index in [4.69, 9.17) is 19.9 Å². The number of alkyl carbamates (subject to hydrolysis) is 1. The van der Waals surface area contributed by atoms with E-state index in [9.17, 15) is 39.9 Å². The fourth-order valence-corrected chi connectivity index (χ4v) is 7.30. The summed E-state index contributed by atoms with van der Waals surface area (Å²) in [6.07, 6.45) is 8.26. The van der Waals surface area contributed by atoms with Crippen molar-refractivity contribution < 1.29 is 54.1 Å². The van der Waals surface area contributed by atoms with Crippen LogP contribution in [-0.4, -0.2) is 105 Å². The zero-order chi connectivity index (χ0) is 43.7. The van der Waals surface area contributed by atoms with Crippen LogP contribution < -0.4 is 16.4 Å². The molecule has 10 atom stereocenters. The molecular weight excluding hydrogens is 759 g/mol. The molecule has 0 spiro atoms. The molecule has 1 aliphatic rings. The molecule has 1 heterocycles. The first-order valence-electron chi connectivity index (χ1n) is 22.4. The number of anilines is 1. The number of benzene rings is 1. The van der Waals surface area contributed by atoms with Gasteiger partial charge in [0.25, 0.3) is 0 Å². The van der Waals surface area contributed by atoms with Gasteiger partial charge in [-0.15, -0.1) is 0 Å². The summed E-state index contributed by atoms with van der Waals surface area (Å²) < 4.78 is 16.7. The summed E-state index contributed by atoms with van der Waals surface area (Å²) in [4.78, 5) is 39.0. The van der Waals surface area contributed by atoms with Gasteiger partial charge in [0.05, 0.1) is 31.4 Å². The first kappa shape index (κ1) is 52.4. The minimum atomic E-state index is -1.64. The highest BCUT2D eigenvalue weighted by Gasteiger charge is 2.44. The van der Waals surface area contributed by atoms with Gasteiger partial charge in [-0.1, -0.05) is 137 Å². The molecule has 1 aliphatic heterocycles. The summed E-state index contributed by atoms with van der Waals surface area (Å²) in [5, 5.41) is 57.5. The van der Waals surface area contributed by atoms with E-state index >= 15 is 0 Å². The summed E-state index contributed by atoms with van der Waals surface area (Å²) >= 11 is 0. The summed E-state index contributed by atoms with van der Waals surface area (Å²) in [5.74, 6) is -1.15. The van der Waals surface area contributed by atoms with Crippen LogP contribution in [0.2, 0.25) is 0 Å². The van der Waals surface area contributed by atoms with Crippen molar-refractivity contribution >= 4 is 23.5 Å². The van der Waals surface area contributed by atoms with Gasteiger partial charge in [-0.05, 0) is 42.4 Å². The number of carbonyl (C=O) groups is 3. The SMILES string of the molecule is CCCCCCCCCCCCCC[C@@H](C)[C@@H](O)[C@H](CO[C@H]1OC(CO)[C@H](O)[C@H](O)C1O)NC(=O)OCc1ccc(NC(=O)[C@H](CCCC)CC(=O)[C@@H](N)C(C)C)cc1. The van der Waals surface area contributed by atoms with Crippen molar-refractivity contribution in [2.24, 2.45) is 23.5 Å². The van der Waals surface area contributed by atoms with Crippen LogP contribution in [0.25, 0.3) is 0 Å². The molecule has 14 nitrogen and oxygen atoms in total. The fraction of sp³-hybridized carbons (Fsp3) is 0.800. The number of ketones is 1. The van der Waals surface area contributed by atoms with E-state index in [1.807, 2.05) is 27.7 Å². The maximum absolute atomic E-state index is 13.2. The number of hydrogen-bond acceptors (Lipinski definition) is 12. The number of hydrogen-bond donors (Lipinski definition) is 8. The van der Waals surface area contributed by atoms with Crippen LogP contribution in [-0.2, 0) is 30.4 Å². The average molecular weight is 838 g/mol. The monoisotopic (exact) mass is 838 g/mol. The van der Waals surface area contributed by atoms with Gasteiger partial charge in [-0.2, -0.15) is 0 Å². The van der Waals surface area contributed by atoms with Crippen LogP contribution >= 0.6 is 0 Å². The zero-order valence-corrected chi connectivity index (χ0v) is 36.6. The predicted molar refractivity (Wildman–Crippen MR) is 228 cm³/mol. The van der Waals surface area contributed by atoms with E-state index in [2.05, 4.69) is 17.6 Å². The van der Waals surface area contributed by atoms with Gasteiger partial charge in [0.2, 0.25) is 5.91 Å². The van der Waals surface area contributed by atoms with E-state index in [0.717, 1.165) is 32.1 Å². The topological polar surface area (TPSA) is 230 Å². The Morgan fingerprint density at radius 2 is 1.37 bits per heavy atom. The fourth-order valence-electron chi connectivity index (χ4n) is 7.30. The molecule has 14 heteroatoms. The molecule has 0 saturated carbocycles. The number of aliphatic hydroxyl groups is 5. The molecule has 1 aromatic rings. The van der Waals surface area contributed by atoms with Gasteiger partial charge in [0.15, 0.2) is 12.1 Å². The number of carbonyl (C=O) groups excluding carboxylic acids is 3. The van der Waals surface area contributed by atoms with Crippen molar-refractivity contribution in [3.63, 3.8) is 0 Å². The highest BCUT2D eigenvalue weighted by atomic mass is 16.7. The third-order valence-corrected chi connectivity index (χ3v) is 11.5. The molecule has 0 radical (unpaired) electrons. The number of nitrogens with one attached hydrogen (secondary N) is 2. The second kappa shape index (κ2) is 29.5. The first-order chi connectivity index (χ1) is 28.2.